The van der Waals surface area contributed by atoms with E-state index in [-0.39, 0.29) is 17.6 Å². The first-order chi connectivity index (χ1) is 10.5. The first kappa shape index (κ1) is 15.3. The van der Waals surface area contributed by atoms with E-state index in [1.54, 1.807) is 6.07 Å². The molecule has 3 nitrogen and oxygen atoms in total. The van der Waals surface area contributed by atoms with Crippen LogP contribution in [0.15, 0.2) is 51.8 Å². The maximum atomic E-state index is 12.3. The van der Waals surface area contributed by atoms with Gasteiger partial charge < -0.3 is 5.32 Å². The van der Waals surface area contributed by atoms with Crippen molar-refractivity contribution >= 4 is 45.1 Å². The number of halogens is 1. The SMILES string of the molecule is C[C@H]1C(=O)Nc2ccc(C(=O)CSc3ccc(Br)cc3)cc21. The van der Waals surface area contributed by atoms with Gasteiger partial charge in [-0.15, -0.1) is 11.8 Å². The lowest BCUT2D eigenvalue weighted by molar-refractivity contribution is -0.116. The number of fused-ring (bicyclic) bond motifs is 1. The molecule has 2 aromatic rings. The highest BCUT2D eigenvalue weighted by Gasteiger charge is 2.27. The molecule has 1 amide bonds. The van der Waals surface area contributed by atoms with Crippen molar-refractivity contribution in [3.63, 3.8) is 0 Å². The molecule has 0 aliphatic carbocycles. The van der Waals surface area contributed by atoms with Gasteiger partial charge in [-0.05, 0) is 55.0 Å². The van der Waals surface area contributed by atoms with Gasteiger partial charge >= 0.3 is 0 Å². The number of nitrogens with one attached hydrogen (secondary N) is 1. The Hall–Kier alpha value is -1.59. The van der Waals surface area contributed by atoms with E-state index >= 15 is 0 Å². The highest BCUT2D eigenvalue weighted by molar-refractivity contribution is 9.10. The summed E-state index contributed by atoms with van der Waals surface area (Å²) in [6.45, 7) is 1.85. The Morgan fingerprint density at radius 1 is 1.23 bits per heavy atom. The molecule has 1 aliphatic heterocycles. The zero-order valence-corrected chi connectivity index (χ0v) is 14.3. The van der Waals surface area contributed by atoms with Crippen LogP contribution in [0, 0.1) is 0 Å². The van der Waals surface area contributed by atoms with Crippen LogP contribution in [0.1, 0.15) is 28.8 Å². The Morgan fingerprint density at radius 2 is 1.95 bits per heavy atom. The summed E-state index contributed by atoms with van der Waals surface area (Å²) in [7, 11) is 0. The van der Waals surface area contributed by atoms with Crippen LogP contribution in [0.5, 0.6) is 0 Å². The fourth-order valence-corrected chi connectivity index (χ4v) is 3.41. The second-order valence-electron chi connectivity index (χ2n) is 5.18. The van der Waals surface area contributed by atoms with Crippen molar-refractivity contribution in [2.75, 3.05) is 11.1 Å². The van der Waals surface area contributed by atoms with Crippen molar-refractivity contribution < 1.29 is 9.59 Å². The molecule has 1 N–H and O–H groups in total. The van der Waals surface area contributed by atoms with Crippen LogP contribution < -0.4 is 5.32 Å². The third kappa shape index (κ3) is 3.10. The smallest absolute Gasteiger partial charge is 0.231 e. The predicted octanol–water partition coefficient (Wildman–Crippen LogP) is 4.48. The lowest BCUT2D eigenvalue weighted by atomic mass is 9.99. The Labute approximate surface area is 141 Å². The van der Waals surface area contributed by atoms with Crippen molar-refractivity contribution in [1.29, 1.82) is 0 Å². The van der Waals surface area contributed by atoms with Crippen LogP contribution in [-0.4, -0.2) is 17.4 Å². The normalized spacial score (nSPS) is 16.3. The third-order valence-corrected chi connectivity index (χ3v) is 5.22. The van der Waals surface area contributed by atoms with Crippen LogP contribution in [0.25, 0.3) is 0 Å². The molecule has 1 aliphatic rings. The first-order valence-electron chi connectivity index (χ1n) is 6.91. The molecule has 0 spiro atoms. The van der Waals surface area contributed by atoms with Crippen LogP contribution in [0.3, 0.4) is 0 Å². The molecule has 3 rings (SSSR count). The molecule has 0 saturated carbocycles. The van der Waals surface area contributed by atoms with Gasteiger partial charge in [0, 0.05) is 20.6 Å². The van der Waals surface area contributed by atoms with E-state index < -0.39 is 0 Å². The van der Waals surface area contributed by atoms with E-state index in [0.29, 0.717) is 11.3 Å². The summed E-state index contributed by atoms with van der Waals surface area (Å²) in [5.41, 5.74) is 2.38. The van der Waals surface area contributed by atoms with E-state index in [0.717, 1.165) is 20.6 Å². The summed E-state index contributed by atoms with van der Waals surface area (Å²) in [6, 6.07) is 13.3. The number of carbonyl (C=O) groups excluding carboxylic acids is 2. The maximum Gasteiger partial charge on any atom is 0.231 e. The molecular formula is C17H14BrNO2S. The third-order valence-electron chi connectivity index (χ3n) is 3.67. The highest BCUT2D eigenvalue weighted by Crippen LogP contribution is 2.33. The monoisotopic (exact) mass is 375 g/mol. The minimum absolute atomic E-state index is 0.0103. The number of hydrogen-bond donors (Lipinski definition) is 1. The molecule has 22 heavy (non-hydrogen) atoms. The van der Waals surface area contributed by atoms with Crippen LogP contribution in [0.2, 0.25) is 0 Å². The quantitative estimate of drug-likeness (QED) is 0.632. The van der Waals surface area contributed by atoms with Gasteiger partial charge in [0.05, 0.1) is 11.7 Å². The number of amides is 1. The zero-order chi connectivity index (χ0) is 15.7. The molecule has 0 aromatic heterocycles. The summed E-state index contributed by atoms with van der Waals surface area (Å²) in [4.78, 5) is 25.0. The number of thioether (sulfide) groups is 1. The summed E-state index contributed by atoms with van der Waals surface area (Å²) >= 11 is 4.91. The van der Waals surface area contributed by atoms with Crippen molar-refractivity contribution in [3.8, 4) is 0 Å². The minimum Gasteiger partial charge on any atom is -0.325 e. The Morgan fingerprint density at radius 3 is 2.68 bits per heavy atom. The fraction of sp³-hybridized carbons (Fsp3) is 0.176. The minimum atomic E-state index is -0.193. The molecular weight excluding hydrogens is 362 g/mol. The number of rotatable bonds is 4. The summed E-state index contributed by atoms with van der Waals surface area (Å²) in [5, 5.41) is 2.82. The fourth-order valence-electron chi connectivity index (χ4n) is 2.35. The second kappa shape index (κ2) is 6.26. The Kier molecular flexibility index (Phi) is 4.36. The van der Waals surface area contributed by atoms with Crippen molar-refractivity contribution in [3.05, 3.63) is 58.1 Å². The number of Topliss-reactive ketones (excluding diaryl/α,β-unsaturated/α-hetero) is 1. The highest BCUT2D eigenvalue weighted by atomic mass is 79.9. The number of hydrogen-bond acceptors (Lipinski definition) is 3. The van der Waals surface area contributed by atoms with Crippen LogP contribution in [0.4, 0.5) is 5.69 Å². The lowest BCUT2D eigenvalue weighted by Crippen LogP contribution is -2.08. The summed E-state index contributed by atoms with van der Waals surface area (Å²) in [5.74, 6) is 0.254. The van der Waals surface area contributed by atoms with Gasteiger partial charge in [-0.25, -0.2) is 0 Å². The van der Waals surface area contributed by atoms with Crippen LogP contribution in [-0.2, 0) is 4.79 Å². The van der Waals surface area contributed by atoms with Crippen molar-refractivity contribution in [1.82, 2.24) is 0 Å². The molecule has 0 saturated heterocycles. The summed E-state index contributed by atoms with van der Waals surface area (Å²) in [6.07, 6.45) is 0. The van der Waals surface area contributed by atoms with E-state index in [4.69, 9.17) is 0 Å². The van der Waals surface area contributed by atoms with Crippen LogP contribution >= 0.6 is 27.7 Å². The number of ketones is 1. The van der Waals surface area contributed by atoms with Gasteiger partial charge in [0.25, 0.3) is 0 Å². The van der Waals surface area contributed by atoms with E-state index in [1.165, 1.54) is 11.8 Å². The largest absolute Gasteiger partial charge is 0.325 e. The zero-order valence-electron chi connectivity index (χ0n) is 11.9. The number of benzene rings is 2. The Bertz CT molecular complexity index is 743. The standard InChI is InChI=1S/C17H14BrNO2S/c1-10-14-8-11(2-7-15(14)19-17(10)21)16(20)9-22-13-5-3-12(18)4-6-13/h2-8,10H,9H2,1H3,(H,19,21)/t10-/m1/s1. The van der Waals surface area contributed by atoms with Gasteiger partial charge in [0.2, 0.25) is 5.91 Å². The maximum absolute atomic E-state index is 12.3. The van der Waals surface area contributed by atoms with Gasteiger partial charge in [0.15, 0.2) is 5.78 Å². The Balaban J connectivity index is 1.71. The van der Waals surface area contributed by atoms with Crippen molar-refractivity contribution in [2.45, 2.75) is 17.7 Å². The molecule has 1 atom stereocenters. The summed E-state index contributed by atoms with van der Waals surface area (Å²) < 4.78 is 1.02. The molecule has 0 fully saturated rings. The number of anilines is 1. The molecule has 2 aromatic carbocycles. The molecule has 1 heterocycles. The first-order valence-corrected chi connectivity index (χ1v) is 8.69. The second-order valence-corrected chi connectivity index (χ2v) is 7.14. The van der Waals surface area contributed by atoms with E-state index in [1.807, 2.05) is 43.3 Å². The van der Waals surface area contributed by atoms with Gasteiger partial charge in [0.1, 0.15) is 0 Å². The van der Waals surface area contributed by atoms with Gasteiger partial charge in [-0.1, -0.05) is 15.9 Å². The topological polar surface area (TPSA) is 46.2 Å². The lowest BCUT2D eigenvalue weighted by Gasteiger charge is -2.06. The van der Waals surface area contributed by atoms with Gasteiger partial charge in [-0.3, -0.25) is 9.59 Å². The van der Waals surface area contributed by atoms with E-state index in [9.17, 15) is 9.59 Å². The van der Waals surface area contributed by atoms with Crippen molar-refractivity contribution in [2.24, 2.45) is 0 Å². The molecule has 0 radical (unpaired) electrons. The number of carbonyl (C=O) groups is 2. The molecule has 112 valence electrons. The molecule has 0 bridgehead atoms. The molecule has 5 heteroatoms. The van der Waals surface area contributed by atoms with Gasteiger partial charge in [-0.2, -0.15) is 0 Å². The average Bonchev–Trinajstić information content (AvgIpc) is 2.81. The predicted molar refractivity (Wildman–Crippen MR) is 92.7 cm³/mol. The molecule has 0 unspecified atom stereocenters. The van der Waals surface area contributed by atoms with E-state index in [2.05, 4.69) is 21.2 Å². The average molecular weight is 376 g/mol.